The van der Waals surface area contributed by atoms with Gasteiger partial charge in [-0.25, -0.2) is 4.98 Å². The third-order valence-corrected chi connectivity index (χ3v) is 2.74. The number of carbonyl (C=O) groups is 1. The van der Waals surface area contributed by atoms with E-state index in [4.69, 9.17) is 0 Å². The molecule has 0 spiro atoms. The Bertz CT molecular complexity index is 734. The van der Waals surface area contributed by atoms with E-state index in [0.717, 1.165) is 5.69 Å². The first-order valence-electron chi connectivity index (χ1n) is 5.91. The van der Waals surface area contributed by atoms with Gasteiger partial charge in [0.2, 0.25) is 5.78 Å². The van der Waals surface area contributed by atoms with Crippen LogP contribution >= 0.6 is 0 Å². The van der Waals surface area contributed by atoms with Crippen LogP contribution in [0.4, 0.5) is 5.82 Å². The van der Waals surface area contributed by atoms with Crippen LogP contribution in [-0.4, -0.2) is 20.3 Å². The molecule has 0 bridgehead atoms. The molecule has 0 atom stereocenters. The number of fused-ring (bicyclic) bond motifs is 1. The molecule has 1 amide bonds. The number of aromatic nitrogens is 3. The molecule has 94 valence electrons. The average Bonchev–Trinajstić information content (AvgIpc) is 2.81. The number of aryl methyl sites for hydroxylation is 1. The van der Waals surface area contributed by atoms with Crippen molar-refractivity contribution in [2.24, 2.45) is 0 Å². The lowest BCUT2D eigenvalue weighted by atomic mass is 10.2. The average molecular weight is 252 g/mol. The number of anilines is 1. The van der Waals surface area contributed by atoms with Crippen molar-refractivity contribution in [2.45, 2.75) is 6.92 Å². The molecule has 5 nitrogen and oxygen atoms in total. The molecule has 3 rings (SSSR count). The van der Waals surface area contributed by atoms with Crippen LogP contribution in [0.1, 0.15) is 16.1 Å². The molecule has 0 saturated heterocycles. The Labute approximate surface area is 109 Å². The Hall–Kier alpha value is -2.69. The molecule has 19 heavy (non-hydrogen) atoms. The van der Waals surface area contributed by atoms with Gasteiger partial charge >= 0.3 is 0 Å². The van der Waals surface area contributed by atoms with E-state index in [2.05, 4.69) is 15.3 Å². The molecular weight excluding hydrogens is 240 g/mol. The Balaban J connectivity index is 1.87. The van der Waals surface area contributed by atoms with Gasteiger partial charge in [-0.2, -0.15) is 4.98 Å². The highest BCUT2D eigenvalue weighted by molar-refractivity contribution is 6.03. The molecule has 3 aromatic rings. The van der Waals surface area contributed by atoms with Crippen molar-refractivity contribution in [3.8, 4) is 0 Å². The summed E-state index contributed by atoms with van der Waals surface area (Å²) in [5.41, 5.74) is 1.49. The zero-order valence-corrected chi connectivity index (χ0v) is 10.4. The fourth-order valence-electron chi connectivity index (χ4n) is 1.80. The van der Waals surface area contributed by atoms with Gasteiger partial charge < -0.3 is 5.32 Å². The van der Waals surface area contributed by atoms with E-state index in [9.17, 15) is 4.79 Å². The first-order valence-corrected chi connectivity index (χ1v) is 5.91. The Morgan fingerprint density at radius 1 is 1.16 bits per heavy atom. The molecule has 0 saturated carbocycles. The molecule has 1 N–H and O–H groups in total. The second-order valence-electron chi connectivity index (χ2n) is 4.22. The SMILES string of the molecule is Cc1ccn2cc(NC(=O)c3ccccc3)nc2n1. The molecule has 2 aromatic heterocycles. The third kappa shape index (κ3) is 2.30. The van der Waals surface area contributed by atoms with E-state index in [1.807, 2.05) is 37.4 Å². The number of nitrogens with zero attached hydrogens (tertiary/aromatic N) is 3. The van der Waals surface area contributed by atoms with Gasteiger partial charge in [-0.05, 0) is 25.1 Å². The first-order chi connectivity index (χ1) is 9.22. The fraction of sp³-hybridized carbons (Fsp3) is 0.0714. The van der Waals surface area contributed by atoms with Crippen LogP contribution in [0.3, 0.4) is 0 Å². The Morgan fingerprint density at radius 3 is 2.74 bits per heavy atom. The molecular formula is C14H12N4O. The normalized spacial score (nSPS) is 10.6. The van der Waals surface area contributed by atoms with E-state index in [1.165, 1.54) is 0 Å². The molecule has 0 aliphatic rings. The van der Waals surface area contributed by atoms with Gasteiger partial charge in [-0.1, -0.05) is 18.2 Å². The lowest BCUT2D eigenvalue weighted by Crippen LogP contribution is -2.11. The number of hydrogen-bond donors (Lipinski definition) is 1. The van der Waals surface area contributed by atoms with Crippen molar-refractivity contribution in [3.63, 3.8) is 0 Å². The molecule has 0 aliphatic heterocycles. The lowest BCUT2D eigenvalue weighted by molar-refractivity contribution is 0.102. The predicted octanol–water partition coefficient (Wildman–Crippen LogP) is 2.29. The summed E-state index contributed by atoms with van der Waals surface area (Å²) in [5.74, 6) is 0.885. The van der Waals surface area contributed by atoms with Gasteiger partial charge in [0.15, 0.2) is 5.82 Å². The zero-order valence-electron chi connectivity index (χ0n) is 10.4. The summed E-state index contributed by atoms with van der Waals surface area (Å²) < 4.78 is 1.77. The summed E-state index contributed by atoms with van der Waals surface area (Å²) >= 11 is 0. The maximum absolute atomic E-state index is 12.0. The number of carbonyl (C=O) groups excluding carboxylic acids is 1. The van der Waals surface area contributed by atoms with Crippen LogP contribution in [0, 0.1) is 6.92 Å². The maximum Gasteiger partial charge on any atom is 0.256 e. The van der Waals surface area contributed by atoms with Gasteiger partial charge in [-0.15, -0.1) is 0 Å². The number of hydrogen-bond acceptors (Lipinski definition) is 3. The summed E-state index contributed by atoms with van der Waals surface area (Å²) in [4.78, 5) is 20.5. The van der Waals surface area contributed by atoms with Crippen LogP contribution in [0.5, 0.6) is 0 Å². The molecule has 0 radical (unpaired) electrons. The number of amides is 1. The van der Waals surface area contributed by atoms with Gasteiger partial charge in [-0.3, -0.25) is 9.20 Å². The third-order valence-electron chi connectivity index (χ3n) is 2.74. The summed E-state index contributed by atoms with van der Waals surface area (Å²) in [5, 5.41) is 2.76. The summed E-state index contributed by atoms with van der Waals surface area (Å²) in [6, 6.07) is 10.9. The highest BCUT2D eigenvalue weighted by Gasteiger charge is 2.08. The van der Waals surface area contributed by atoms with Crippen LogP contribution in [0.2, 0.25) is 0 Å². The van der Waals surface area contributed by atoms with Crippen molar-refractivity contribution in [1.82, 2.24) is 14.4 Å². The highest BCUT2D eigenvalue weighted by Crippen LogP contribution is 2.10. The number of nitrogens with one attached hydrogen (secondary N) is 1. The summed E-state index contributed by atoms with van der Waals surface area (Å²) in [7, 11) is 0. The van der Waals surface area contributed by atoms with E-state index in [0.29, 0.717) is 17.2 Å². The molecule has 2 heterocycles. The second-order valence-corrected chi connectivity index (χ2v) is 4.22. The van der Waals surface area contributed by atoms with E-state index >= 15 is 0 Å². The molecule has 0 unspecified atom stereocenters. The highest BCUT2D eigenvalue weighted by atomic mass is 16.1. The smallest absolute Gasteiger partial charge is 0.256 e. The minimum Gasteiger partial charge on any atom is -0.305 e. The standard InChI is InChI=1S/C14H12N4O/c1-10-7-8-18-9-12(17-14(18)15-10)16-13(19)11-5-3-2-4-6-11/h2-9H,1H3,(H,16,19). The molecule has 1 aromatic carbocycles. The van der Waals surface area contributed by atoms with Crippen LogP contribution in [0.25, 0.3) is 5.78 Å². The lowest BCUT2D eigenvalue weighted by Gasteiger charge is -2.00. The first kappa shape index (κ1) is 11.4. The maximum atomic E-state index is 12.0. The van der Waals surface area contributed by atoms with Crippen molar-refractivity contribution < 1.29 is 4.79 Å². The molecule has 0 fully saturated rings. The fourth-order valence-corrected chi connectivity index (χ4v) is 1.80. The zero-order chi connectivity index (χ0) is 13.2. The van der Waals surface area contributed by atoms with Crippen LogP contribution < -0.4 is 5.32 Å². The Morgan fingerprint density at radius 2 is 1.95 bits per heavy atom. The summed E-state index contributed by atoms with van der Waals surface area (Å²) in [6.45, 7) is 1.90. The van der Waals surface area contributed by atoms with Gasteiger partial charge in [0, 0.05) is 17.5 Å². The van der Waals surface area contributed by atoms with Gasteiger partial charge in [0.05, 0.1) is 6.20 Å². The van der Waals surface area contributed by atoms with Crippen LogP contribution in [0.15, 0.2) is 48.8 Å². The topological polar surface area (TPSA) is 59.3 Å². The Kier molecular flexibility index (Phi) is 2.72. The van der Waals surface area contributed by atoms with Crippen LogP contribution in [-0.2, 0) is 0 Å². The van der Waals surface area contributed by atoms with Crippen molar-refractivity contribution in [3.05, 3.63) is 60.0 Å². The van der Waals surface area contributed by atoms with E-state index in [-0.39, 0.29) is 5.91 Å². The quantitative estimate of drug-likeness (QED) is 0.761. The summed E-state index contributed by atoms with van der Waals surface area (Å²) in [6.07, 6.45) is 3.60. The largest absolute Gasteiger partial charge is 0.305 e. The number of imidazole rings is 1. The minimum atomic E-state index is -0.180. The predicted molar refractivity (Wildman–Crippen MR) is 72.1 cm³/mol. The van der Waals surface area contributed by atoms with Crippen molar-refractivity contribution >= 4 is 17.5 Å². The van der Waals surface area contributed by atoms with Crippen molar-refractivity contribution in [2.75, 3.05) is 5.32 Å². The molecule has 0 aliphatic carbocycles. The minimum absolute atomic E-state index is 0.180. The van der Waals surface area contributed by atoms with E-state index < -0.39 is 0 Å². The van der Waals surface area contributed by atoms with Gasteiger partial charge in [0.1, 0.15) is 0 Å². The molecule has 5 heteroatoms. The number of benzene rings is 1. The van der Waals surface area contributed by atoms with E-state index in [1.54, 1.807) is 22.7 Å². The monoisotopic (exact) mass is 252 g/mol. The second kappa shape index (κ2) is 4.53. The number of rotatable bonds is 2. The van der Waals surface area contributed by atoms with Crippen molar-refractivity contribution in [1.29, 1.82) is 0 Å². The van der Waals surface area contributed by atoms with Gasteiger partial charge in [0.25, 0.3) is 5.91 Å².